The van der Waals surface area contributed by atoms with E-state index in [2.05, 4.69) is 46.1 Å². The van der Waals surface area contributed by atoms with E-state index in [1.165, 1.54) is 10.5 Å². The number of benzene rings is 1. The fraction of sp³-hybridized carbons (Fsp3) is 0.429. The summed E-state index contributed by atoms with van der Waals surface area (Å²) in [4.78, 5) is 23.3. The number of nitrogens with zero attached hydrogens (tertiary/aromatic N) is 3. The van der Waals surface area contributed by atoms with Crippen molar-refractivity contribution in [2.24, 2.45) is 0 Å². The van der Waals surface area contributed by atoms with Crippen LogP contribution >= 0.6 is 11.8 Å². The summed E-state index contributed by atoms with van der Waals surface area (Å²) < 4.78 is 0. The van der Waals surface area contributed by atoms with Gasteiger partial charge in [0, 0.05) is 29.9 Å². The second-order valence-electron chi connectivity index (χ2n) is 7.27. The molecule has 0 saturated carbocycles. The third kappa shape index (κ3) is 3.79. The fourth-order valence-electron chi connectivity index (χ4n) is 3.88. The van der Waals surface area contributed by atoms with E-state index in [1.807, 2.05) is 24.5 Å². The van der Waals surface area contributed by atoms with Crippen molar-refractivity contribution in [1.29, 1.82) is 0 Å². The van der Waals surface area contributed by atoms with Gasteiger partial charge in [-0.25, -0.2) is 0 Å². The van der Waals surface area contributed by atoms with Crippen LogP contribution in [0.1, 0.15) is 24.0 Å². The molecule has 5 heteroatoms. The maximum atomic E-state index is 13.5. The number of piperidine rings is 1. The number of aromatic nitrogens is 1. The summed E-state index contributed by atoms with van der Waals surface area (Å²) in [6.45, 7) is 2.80. The van der Waals surface area contributed by atoms with E-state index in [0.29, 0.717) is 12.6 Å². The highest BCUT2D eigenvalue weighted by Crippen LogP contribution is 2.38. The van der Waals surface area contributed by atoms with Crippen LogP contribution in [0.4, 0.5) is 0 Å². The second-order valence-corrected chi connectivity index (χ2v) is 8.52. The molecule has 3 heterocycles. The van der Waals surface area contributed by atoms with Gasteiger partial charge >= 0.3 is 0 Å². The first kappa shape index (κ1) is 17.6. The molecule has 1 aromatic heterocycles. The zero-order valence-corrected chi connectivity index (χ0v) is 16.0. The SMILES string of the molecule is CN1CCC(N(Cc2ccncc2)C(=O)C2Cc3ccccc3S2)CC1. The number of amides is 1. The lowest BCUT2D eigenvalue weighted by atomic mass is 10.0. The number of thioether (sulfide) groups is 1. The van der Waals surface area contributed by atoms with Gasteiger partial charge in [-0.05, 0) is 68.7 Å². The lowest BCUT2D eigenvalue weighted by molar-refractivity contribution is -0.134. The highest BCUT2D eigenvalue weighted by Gasteiger charge is 2.35. The van der Waals surface area contributed by atoms with Gasteiger partial charge in [0.05, 0.1) is 5.25 Å². The minimum atomic E-state index is 0.00823. The molecule has 0 N–H and O–H groups in total. The van der Waals surface area contributed by atoms with Crippen LogP contribution in [-0.4, -0.2) is 52.1 Å². The molecule has 4 nitrogen and oxygen atoms in total. The fourth-order valence-corrected chi connectivity index (χ4v) is 5.15. The van der Waals surface area contributed by atoms with Crippen LogP contribution < -0.4 is 0 Å². The molecule has 2 aliphatic rings. The van der Waals surface area contributed by atoms with Gasteiger partial charge in [-0.3, -0.25) is 9.78 Å². The molecule has 2 aliphatic heterocycles. The van der Waals surface area contributed by atoms with E-state index in [0.717, 1.165) is 37.9 Å². The van der Waals surface area contributed by atoms with Crippen LogP contribution in [0.15, 0.2) is 53.7 Å². The van der Waals surface area contributed by atoms with Gasteiger partial charge in [0.2, 0.25) is 5.91 Å². The number of hydrogen-bond donors (Lipinski definition) is 0. The molecule has 1 unspecified atom stereocenters. The van der Waals surface area contributed by atoms with Gasteiger partial charge in [0.25, 0.3) is 0 Å². The summed E-state index contributed by atoms with van der Waals surface area (Å²) in [5, 5.41) is 0.00823. The summed E-state index contributed by atoms with van der Waals surface area (Å²) in [5.74, 6) is 0.289. The number of pyridine rings is 1. The quantitative estimate of drug-likeness (QED) is 0.831. The predicted octanol–water partition coefficient (Wildman–Crippen LogP) is 3.22. The van der Waals surface area contributed by atoms with Gasteiger partial charge in [-0.2, -0.15) is 0 Å². The van der Waals surface area contributed by atoms with Crippen molar-refractivity contribution in [3.05, 3.63) is 59.9 Å². The number of rotatable bonds is 4. The molecule has 1 atom stereocenters. The lowest BCUT2D eigenvalue weighted by Crippen LogP contribution is -2.48. The molecule has 0 radical (unpaired) electrons. The summed E-state index contributed by atoms with van der Waals surface area (Å²) in [7, 11) is 2.16. The van der Waals surface area contributed by atoms with Gasteiger partial charge < -0.3 is 9.80 Å². The molecular formula is C21H25N3OS. The van der Waals surface area contributed by atoms with Crippen LogP contribution in [0.5, 0.6) is 0 Å². The Morgan fingerprint density at radius 1 is 1.19 bits per heavy atom. The van der Waals surface area contributed by atoms with Crippen molar-refractivity contribution in [1.82, 2.24) is 14.8 Å². The zero-order chi connectivity index (χ0) is 17.9. The first-order valence-corrected chi connectivity index (χ1v) is 10.2. The second kappa shape index (κ2) is 7.80. The number of hydrogen-bond acceptors (Lipinski definition) is 4. The molecule has 0 bridgehead atoms. The summed E-state index contributed by atoms with van der Waals surface area (Å²) >= 11 is 1.73. The molecule has 0 aliphatic carbocycles. The van der Waals surface area contributed by atoms with Crippen molar-refractivity contribution in [3.63, 3.8) is 0 Å². The summed E-state index contributed by atoms with van der Waals surface area (Å²) in [5.41, 5.74) is 2.47. The maximum Gasteiger partial charge on any atom is 0.236 e. The monoisotopic (exact) mass is 367 g/mol. The third-order valence-corrected chi connectivity index (χ3v) is 6.74. The summed E-state index contributed by atoms with van der Waals surface area (Å²) in [6, 6.07) is 12.8. The first-order valence-electron chi connectivity index (χ1n) is 9.33. The first-order chi connectivity index (χ1) is 12.7. The Hall–Kier alpha value is -1.85. The van der Waals surface area contributed by atoms with Crippen LogP contribution in [0, 0.1) is 0 Å². The lowest BCUT2D eigenvalue weighted by Gasteiger charge is -2.38. The maximum absolute atomic E-state index is 13.5. The average Bonchev–Trinajstić information content (AvgIpc) is 3.11. The third-order valence-electron chi connectivity index (χ3n) is 5.44. The Kier molecular flexibility index (Phi) is 5.27. The van der Waals surface area contributed by atoms with Gasteiger partial charge in [0.1, 0.15) is 0 Å². The highest BCUT2D eigenvalue weighted by atomic mass is 32.2. The van der Waals surface area contributed by atoms with Crippen LogP contribution in [0.2, 0.25) is 0 Å². The molecular weight excluding hydrogens is 342 g/mol. The van der Waals surface area contributed by atoms with Gasteiger partial charge in [-0.1, -0.05) is 18.2 Å². The molecule has 1 amide bonds. The van der Waals surface area contributed by atoms with Crippen molar-refractivity contribution in [2.75, 3.05) is 20.1 Å². The Labute approximate surface area is 159 Å². The Bertz CT molecular complexity index is 734. The van der Waals surface area contributed by atoms with Gasteiger partial charge in [0.15, 0.2) is 0 Å². The van der Waals surface area contributed by atoms with Crippen molar-refractivity contribution < 1.29 is 4.79 Å². The van der Waals surface area contributed by atoms with Crippen LogP contribution in [0.3, 0.4) is 0 Å². The zero-order valence-electron chi connectivity index (χ0n) is 15.2. The number of carbonyl (C=O) groups is 1. The topological polar surface area (TPSA) is 36.4 Å². The number of fused-ring (bicyclic) bond motifs is 1. The summed E-state index contributed by atoms with van der Waals surface area (Å²) in [6.07, 6.45) is 6.58. The molecule has 2 aromatic rings. The minimum Gasteiger partial charge on any atom is -0.334 e. The standard InChI is InChI=1S/C21H25N3OS/c1-23-12-8-18(9-13-23)24(15-16-6-10-22-11-7-16)21(25)20-14-17-4-2-3-5-19(17)26-20/h2-7,10-11,18,20H,8-9,12-15H2,1H3. The largest absolute Gasteiger partial charge is 0.334 e. The van der Waals surface area contributed by atoms with Crippen LogP contribution in [-0.2, 0) is 17.8 Å². The molecule has 0 spiro atoms. The van der Waals surface area contributed by atoms with Crippen molar-refractivity contribution >= 4 is 17.7 Å². The number of likely N-dealkylation sites (tertiary alicyclic amines) is 1. The molecule has 1 saturated heterocycles. The van der Waals surface area contributed by atoms with Crippen LogP contribution in [0.25, 0.3) is 0 Å². The smallest absolute Gasteiger partial charge is 0.236 e. The van der Waals surface area contributed by atoms with Gasteiger partial charge in [-0.15, -0.1) is 11.8 Å². The highest BCUT2D eigenvalue weighted by molar-refractivity contribution is 8.01. The Morgan fingerprint density at radius 3 is 2.65 bits per heavy atom. The molecule has 1 aromatic carbocycles. The van der Waals surface area contributed by atoms with E-state index in [4.69, 9.17) is 0 Å². The number of carbonyl (C=O) groups excluding carboxylic acids is 1. The minimum absolute atomic E-state index is 0.00823. The van der Waals surface area contributed by atoms with Crippen molar-refractivity contribution in [3.8, 4) is 0 Å². The molecule has 26 heavy (non-hydrogen) atoms. The normalized spacial score (nSPS) is 20.7. The Morgan fingerprint density at radius 2 is 1.92 bits per heavy atom. The predicted molar refractivity (Wildman–Crippen MR) is 105 cm³/mol. The Balaban J connectivity index is 1.53. The van der Waals surface area contributed by atoms with Crippen molar-refractivity contribution in [2.45, 2.75) is 42.0 Å². The van der Waals surface area contributed by atoms with E-state index in [1.54, 1.807) is 11.8 Å². The molecule has 136 valence electrons. The van der Waals surface area contributed by atoms with E-state index in [-0.39, 0.29) is 11.2 Å². The van der Waals surface area contributed by atoms with E-state index >= 15 is 0 Å². The molecule has 1 fully saturated rings. The average molecular weight is 368 g/mol. The van der Waals surface area contributed by atoms with E-state index < -0.39 is 0 Å². The molecule has 4 rings (SSSR count). The van der Waals surface area contributed by atoms with E-state index in [9.17, 15) is 4.79 Å².